The number of nitrogens with zero attached hydrogens (tertiary/aromatic N) is 3. The molecule has 0 aliphatic rings. The maximum Gasteiger partial charge on any atom is 0.0561 e. The summed E-state index contributed by atoms with van der Waals surface area (Å²) in [5, 5.41) is 7.47. The molecule has 0 atom stereocenters. The second kappa shape index (κ2) is 14.3. The number of hydrogen-bond donors (Lipinski definition) is 0. The van der Waals surface area contributed by atoms with Crippen LogP contribution in [0.1, 0.15) is 0 Å². The number of rotatable bonds is 7. The van der Waals surface area contributed by atoms with Gasteiger partial charge in [-0.2, -0.15) is 0 Å². The molecule has 12 aromatic rings. The first-order valence-electron chi connectivity index (χ1n) is 20.9. The van der Waals surface area contributed by atoms with Gasteiger partial charge < -0.3 is 14.0 Å². The Bertz CT molecular complexity index is 3560. The number of para-hydroxylation sites is 4. The van der Waals surface area contributed by atoms with Gasteiger partial charge in [-0.25, -0.2) is 0 Å². The van der Waals surface area contributed by atoms with Crippen LogP contribution in [0.5, 0.6) is 0 Å². The summed E-state index contributed by atoms with van der Waals surface area (Å²) in [5.74, 6) is 0. The highest BCUT2D eigenvalue weighted by Crippen LogP contribution is 2.42. The van der Waals surface area contributed by atoms with Gasteiger partial charge in [-0.1, -0.05) is 146 Å². The minimum absolute atomic E-state index is 1.09. The summed E-state index contributed by atoms with van der Waals surface area (Å²) in [5.41, 5.74) is 15.1. The molecular weight excluding hydrogens is 739 g/mol. The normalized spacial score (nSPS) is 11.6. The maximum absolute atomic E-state index is 2.39. The first kappa shape index (κ1) is 34.9. The van der Waals surface area contributed by atoms with Gasteiger partial charge in [0.05, 0.1) is 22.1 Å². The first-order valence-corrected chi connectivity index (χ1v) is 20.9. The van der Waals surface area contributed by atoms with E-state index in [4.69, 9.17) is 0 Å². The van der Waals surface area contributed by atoms with Crippen LogP contribution >= 0.6 is 0 Å². The number of fused-ring (bicyclic) bond motifs is 7. The van der Waals surface area contributed by atoms with Crippen LogP contribution in [0.3, 0.4) is 0 Å². The number of hydrogen-bond acceptors (Lipinski definition) is 1. The largest absolute Gasteiger partial charge is 0.310 e. The predicted molar refractivity (Wildman–Crippen MR) is 258 cm³/mol. The second-order valence-corrected chi connectivity index (χ2v) is 15.8. The molecule has 0 saturated carbocycles. The molecule has 0 amide bonds. The van der Waals surface area contributed by atoms with Crippen molar-refractivity contribution in [3.05, 3.63) is 237 Å². The van der Waals surface area contributed by atoms with Crippen molar-refractivity contribution in [2.75, 3.05) is 4.90 Å². The summed E-state index contributed by atoms with van der Waals surface area (Å²) in [6.07, 6.45) is 0. The van der Waals surface area contributed by atoms with Gasteiger partial charge in [0.25, 0.3) is 0 Å². The second-order valence-electron chi connectivity index (χ2n) is 15.8. The summed E-state index contributed by atoms with van der Waals surface area (Å²) in [6, 6.07) is 85.9. The highest BCUT2D eigenvalue weighted by molar-refractivity contribution is 6.11. The van der Waals surface area contributed by atoms with Gasteiger partial charge in [0, 0.05) is 50.0 Å². The Hall–Kier alpha value is -8.14. The van der Waals surface area contributed by atoms with Gasteiger partial charge >= 0.3 is 0 Å². The zero-order valence-corrected chi connectivity index (χ0v) is 33.4. The summed E-state index contributed by atoms with van der Waals surface area (Å²) < 4.78 is 4.76. The Kier molecular flexibility index (Phi) is 8.17. The molecule has 0 radical (unpaired) electrons. The van der Waals surface area contributed by atoms with Crippen LogP contribution in [0.25, 0.3) is 88.0 Å². The van der Waals surface area contributed by atoms with Crippen molar-refractivity contribution in [3.8, 4) is 33.6 Å². The molecule has 12 rings (SSSR count). The number of anilines is 3. The Morgan fingerprint density at radius 3 is 1.33 bits per heavy atom. The van der Waals surface area contributed by atoms with E-state index in [0.29, 0.717) is 0 Å². The Morgan fingerprint density at radius 1 is 0.246 bits per heavy atom. The molecule has 61 heavy (non-hydrogen) atoms. The van der Waals surface area contributed by atoms with E-state index >= 15 is 0 Å². The van der Waals surface area contributed by atoms with Gasteiger partial charge in [-0.05, 0) is 124 Å². The number of benzene rings is 10. The molecule has 0 saturated heterocycles. The van der Waals surface area contributed by atoms with E-state index < -0.39 is 0 Å². The van der Waals surface area contributed by atoms with Crippen molar-refractivity contribution >= 4 is 71.4 Å². The summed E-state index contributed by atoms with van der Waals surface area (Å²) in [7, 11) is 0. The Balaban J connectivity index is 0.987. The predicted octanol–water partition coefficient (Wildman–Crippen LogP) is 15.8. The molecule has 0 spiro atoms. The first-order chi connectivity index (χ1) is 30.2. The van der Waals surface area contributed by atoms with Gasteiger partial charge in [0.1, 0.15) is 0 Å². The van der Waals surface area contributed by atoms with Gasteiger partial charge in [0.15, 0.2) is 0 Å². The molecule has 0 aliphatic carbocycles. The van der Waals surface area contributed by atoms with E-state index in [1.165, 1.54) is 82.3 Å². The van der Waals surface area contributed by atoms with E-state index in [0.717, 1.165) is 22.7 Å². The molecule has 0 N–H and O–H groups in total. The van der Waals surface area contributed by atoms with Crippen molar-refractivity contribution < 1.29 is 0 Å². The zero-order chi connectivity index (χ0) is 40.3. The van der Waals surface area contributed by atoms with Crippen molar-refractivity contribution in [2.24, 2.45) is 0 Å². The molecule has 0 bridgehead atoms. The average molecular weight is 778 g/mol. The fourth-order valence-corrected chi connectivity index (χ4v) is 9.38. The van der Waals surface area contributed by atoms with Gasteiger partial charge in [0.2, 0.25) is 0 Å². The molecule has 2 aromatic heterocycles. The lowest BCUT2D eigenvalue weighted by molar-refractivity contribution is 1.18. The lowest BCUT2D eigenvalue weighted by Gasteiger charge is -2.26. The van der Waals surface area contributed by atoms with E-state index in [-0.39, 0.29) is 0 Å². The molecule has 0 aliphatic heterocycles. The third-order valence-electron chi connectivity index (χ3n) is 12.3. The van der Waals surface area contributed by atoms with E-state index in [9.17, 15) is 0 Å². The SMILES string of the molecule is c1ccc(-n2c3ccccc3c3cc(-c4ccc(N(c5ccc(-c6ccc7ccccc7c6)cc5)c5ccc6c7ccccc7n(-c7ccccc7)c6c5)cc4)ccc32)cc1. The third kappa shape index (κ3) is 5.90. The highest BCUT2D eigenvalue weighted by atomic mass is 15.1. The Morgan fingerprint density at radius 2 is 0.689 bits per heavy atom. The Labute approximate surface area is 354 Å². The van der Waals surface area contributed by atoms with Crippen molar-refractivity contribution in [1.82, 2.24) is 9.13 Å². The average Bonchev–Trinajstić information content (AvgIpc) is 3.85. The molecule has 3 nitrogen and oxygen atoms in total. The molecule has 0 fully saturated rings. The fourth-order valence-electron chi connectivity index (χ4n) is 9.38. The topological polar surface area (TPSA) is 13.1 Å². The summed E-state index contributed by atoms with van der Waals surface area (Å²) >= 11 is 0. The molecular formula is C58H39N3. The minimum Gasteiger partial charge on any atom is -0.310 e. The molecule has 2 heterocycles. The van der Waals surface area contributed by atoms with Crippen LogP contribution in [-0.2, 0) is 0 Å². The monoisotopic (exact) mass is 777 g/mol. The molecule has 3 heteroatoms. The third-order valence-corrected chi connectivity index (χ3v) is 12.3. The lowest BCUT2D eigenvalue weighted by Crippen LogP contribution is -2.10. The molecule has 286 valence electrons. The zero-order valence-electron chi connectivity index (χ0n) is 33.4. The van der Waals surface area contributed by atoms with Crippen LogP contribution in [0, 0.1) is 0 Å². The standard InChI is InChI=1S/C58H39N3/c1-3-15-46(16-4-1)60-56-22-12-10-20-52(56)54-38-45(29-36-57(54)60)42-27-32-49(33-28-42)59(48-30-25-41(26-31-48)44-24-23-40-13-7-8-14-43(40)37-44)50-34-35-53-51-19-9-11-21-55(51)61(58(53)39-50)47-17-5-2-6-18-47/h1-39H. The van der Waals surface area contributed by atoms with E-state index in [1.807, 2.05) is 0 Å². The fraction of sp³-hybridized carbons (Fsp3) is 0. The maximum atomic E-state index is 2.39. The van der Waals surface area contributed by atoms with E-state index in [1.54, 1.807) is 0 Å². The molecule has 0 unspecified atom stereocenters. The number of aromatic nitrogens is 2. The quantitative estimate of drug-likeness (QED) is 0.157. The van der Waals surface area contributed by atoms with E-state index in [2.05, 4.69) is 251 Å². The molecule has 10 aromatic carbocycles. The van der Waals surface area contributed by atoms with Gasteiger partial charge in [-0.3, -0.25) is 0 Å². The van der Waals surface area contributed by atoms with Crippen molar-refractivity contribution in [1.29, 1.82) is 0 Å². The van der Waals surface area contributed by atoms with Crippen LogP contribution in [0.4, 0.5) is 17.1 Å². The lowest BCUT2D eigenvalue weighted by atomic mass is 10.0. The van der Waals surface area contributed by atoms with Crippen molar-refractivity contribution in [3.63, 3.8) is 0 Å². The van der Waals surface area contributed by atoms with Crippen LogP contribution in [0.15, 0.2) is 237 Å². The smallest absolute Gasteiger partial charge is 0.0561 e. The van der Waals surface area contributed by atoms with Gasteiger partial charge in [-0.15, -0.1) is 0 Å². The summed E-state index contributed by atoms with van der Waals surface area (Å²) in [6.45, 7) is 0. The highest BCUT2D eigenvalue weighted by Gasteiger charge is 2.19. The van der Waals surface area contributed by atoms with Crippen LogP contribution < -0.4 is 4.90 Å². The van der Waals surface area contributed by atoms with Crippen LogP contribution in [0.2, 0.25) is 0 Å². The minimum atomic E-state index is 1.09. The van der Waals surface area contributed by atoms with Crippen molar-refractivity contribution in [2.45, 2.75) is 0 Å². The summed E-state index contributed by atoms with van der Waals surface area (Å²) in [4.78, 5) is 2.39. The van der Waals surface area contributed by atoms with Crippen LogP contribution in [-0.4, -0.2) is 9.13 Å².